The highest BCUT2D eigenvalue weighted by Gasteiger charge is 2.19. The lowest BCUT2D eigenvalue weighted by Crippen LogP contribution is -2.22. The van der Waals surface area contributed by atoms with Crippen LogP contribution in [0.15, 0.2) is 4.90 Å². The van der Waals surface area contributed by atoms with E-state index in [1.165, 1.54) is 11.3 Å². The number of nitrogens with one attached hydrogen (secondary N) is 2. The lowest BCUT2D eigenvalue weighted by atomic mass is 10.3. The van der Waals surface area contributed by atoms with Gasteiger partial charge in [-0.05, 0) is 27.3 Å². The largest absolute Gasteiger partial charge is 0.396 e. The van der Waals surface area contributed by atoms with Gasteiger partial charge in [-0.1, -0.05) is 0 Å². The standard InChI is InChI=1S/C12H22N4OS2/c1-5-14-11(17)9-8(13)10(18-4)12(19-9)15-6-7-16(2)3/h15H,5-7,13H2,1-4H3,(H,14,17). The summed E-state index contributed by atoms with van der Waals surface area (Å²) in [5.74, 6) is -0.0963. The Hall–Kier alpha value is -0.920. The zero-order valence-corrected chi connectivity index (χ0v) is 13.5. The minimum atomic E-state index is -0.0963. The number of carbonyl (C=O) groups is 1. The molecule has 0 aliphatic rings. The van der Waals surface area contributed by atoms with E-state index in [9.17, 15) is 4.79 Å². The Morgan fingerprint density at radius 2 is 2.16 bits per heavy atom. The van der Waals surface area contributed by atoms with Crippen LogP contribution in [0.25, 0.3) is 0 Å². The maximum atomic E-state index is 11.9. The minimum absolute atomic E-state index is 0.0963. The number of carbonyl (C=O) groups excluding carboxylic acids is 1. The van der Waals surface area contributed by atoms with Gasteiger partial charge in [0.2, 0.25) is 0 Å². The van der Waals surface area contributed by atoms with E-state index in [-0.39, 0.29) is 5.91 Å². The van der Waals surface area contributed by atoms with Crippen molar-refractivity contribution in [3.8, 4) is 0 Å². The second-order valence-corrected chi connectivity index (χ2v) is 6.13. The fourth-order valence-corrected chi connectivity index (χ4v) is 3.53. The molecule has 1 amide bonds. The van der Waals surface area contributed by atoms with E-state index in [0.717, 1.165) is 23.0 Å². The fraction of sp³-hybridized carbons (Fsp3) is 0.583. The molecule has 0 aromatic carbocycles. The summed E-state index contributed by atoms with van der Waals surface area (Å²) in [4.78, 5) is 15.6. The molecule has 0 saturated carbocycles. The first-order chi connectivity index (χ1) is 9.01. The van der Waals surface area contributed by atoms with E-state index in [1.54, 1.807) is 11.8 Å². The van der Waals surface area contributed by atoms with Crippen LogP contribution in [-0.2, 0) is 0 Å². The van der Waals surface area contributed by atoms with Gasteiger partial charge >= 0.3 is 0 Å². The van der Waals surface area contributed by atoms with Crippen molar-refractivity contribution >= 4 is 39.7 Å². The van der Waals surface area contributed by atoms with Crippen molar-refractivity contribution in [3.05, 3.63) is 4.88 Å². The van der Waals surface area contributed by atoms with E-state index >= 15 is 0 Å². The quantitative estimate of drug-likeness (QED) is 0.670. The molecule has 0 aliphatic heterocycles. The summed E-state index contributed by atoms with van der Waals surface area (Å²) >= 11 is 2.99. The van der Waals surface area contributed by atoms with Crippen LogP contribution in [-0.4, -0.2) is 50.8 Å². The van der Waals surface area contributed by atoms with Crippen LogP contribution in [0.1, 0.15) is 16.6 Å². The van der Waals surface area contributed by atoms with Gasteiger partial charge in [-0.15, -0.1) is 23.1 Å². The molecule has 0 radical (unpaired) electrons. The van der Waals surface area contributed by atoms with Crippen molar-refractivity contribution in [2.24, 2.45) is 0 Å². The first-order valence-corrected chi connectivity index (χ1v) is 8.18. The Bertz CT molecular complexity index is 432. The molecule has 19 heavy (non-hydrogen) atoms. The van der Waals surface area contributed by atoms with Gasteiger partial charge in [0.05, 0.1) is 10.6 Å². The summed E-state index contributed by atoms with van der Waals surface area (Å²) in [6.45, 7) is 4.26. The molecule has 0 bridgehead atoms. The van der Waals surface area contributed by atoms with Gasteiger partial charge in [-0.25, -0.2) is 0 Å². The molecule has 4 N–H and O–H groups in total. The normalized spacial score (nSPS) is 10.8. The lowest BCUT2D eigenvalue weighted by Gasteiger charge is -2.10. The topological polar surface area (TPSA) is 70.4 Å². The number of thioether (sulfide) groups is 1. The molecule has 1 aromatic heterocycles. The molecule has 5 nitrogen and oxygen atoms in total. The van der Waals surface area contributed by atoms with Crippen molar-refractivity contribution in [1.82, 2.24) is 10.2 Å². The number of nitrogens with two attached hydrogens (primary N) is 1. The fourth-order valence-electron chi connectivity index (χ4n) is 1.55. The number of hydrogen-bond acceptors (Lipinski definition) is 6. The van der Waals surface area contributed by atoms with Crippen LogP contribution in [0.4, 0.5) is 10.7 Å². The summed E-state index contributed by atoms with van der Waals surface area (Å²) < 4.78 is 0. The van der Waals surface area contributed by atoms with Gasteiger partial charge < -0.3 is 21.3 Å². The second kappa shape index (κ2) is 7.62. The molecular formula is C12H22N4OS2. The van der Waals surface area contributed by atoms with Crippen LogP contribution >= 0.6 is 23.1 Å². The number of likely N-dealkylation sites (N-methyl/N-ethyl adjacent to an activating group) is 1. The van der Waals surface area contributed by atoms with Crippen molar-refractivity contribution in [1.29, 1.82) is 0 Å². The maximum absolute atomic E-state index is 11.9. The average molecular weight is 302 g/mol. The summed E-state index contributed by atoms with van der Waals surface area (Å²) in [7, 11) is 4.06. The molecular weight excluding hydrogens is 280 g/mol. The number of thiophene rings is 1. The summed E-state index contributed by atoms with van der Waals surface area (Å²) in [5, 5.41) is 7.12. The summed E-state index contributed by atoms with van der Waals surface area (Å²) in [5.41, 5.74) is 6.64. The third-order valence-electron chi connectivity index (χ3n) is 2.49. The Balaban J connectivity index is 2.86. The van der Waals surface area contributed by atoms with Gasteiger partial charge in [0.15, 0.2) is 0 Å². The van der Waals surface area contributed by atoms with Crippen molar-refractivity contribution in [3.63, 3.8) is 0 Å². The van der Waals surface area contributed by atoms with E-state index in [1.807, 2.05) is 27.3 Å². The van der Waals surface area contributed by atoms with Crippen LogP contribution in [0.5, 0.6) is 0 Å². The third kappa shape index (κ3) is 4.29. The molecule has 0 atom stereocenters. The van der Waals surface area contributed by atoms with E-state index in [4.69, 9.17) is 5.73 Å². The van der Waals surface area contributed by atoms with Crippen LogP contribution in [0, 0.1) is 0 Å². The predicted octanol–water partition coefficient (Wildman–Crippen LogP) is 1.78. The number of anilines is 2. The van der Waals surface area contributed by atoms with Crippen molar-refractivity contribution in [2.45, 2.75) is 11.8 Å². The number of hydrogen-bond donors (Lipinski definition) is 3. The molecule has 0 unspecified atom stereocenters. The Morgan fingerprint density at radius 3 is 2.68 bits per heavy atom. The Kier molecular flexibility index (Phi) is 6.47. The highest BCUT2D eigenvalue weighted by Crippen LogP contribution is 2.41. The number of nitrogens with zero attached hydrogens (tertiary/aromatic N) is 1. The number of nitrogen functional groups attached to an aromatic ring is 1. The van der Waals surface area contributed by atoms with Gasteiger partial charge in [0, 0.05) is 19.6 Å². The molecule has 108 valence electrons. The van der Waals surface area contributed by atoms with Gasteiger partial charge in [-0.3, -0.25) is 4.79 Å². The number of amides is 1. The van der Waals surface area contributed by atoms with E-state index in [0.29, 0.717) is 17.1 Å². The third-order valence-corrected chi connectivity index (χ3v) is 4.62. The molecule has 1 heterocycles. The average Bonchev–Trinajstić information content (AvgIpc) is 2.65. The number of rotatable bonds is 7. The van der Waals surface area contributed by atoms with Crippen molar-refractivity contribution < 1.29 is 4.79 Å². The Labute approximate surface area is 122 Å². The maximum Gasteiger partial charge on any atom is 0.263 e. The van der Waals surface area contributed by atoms with Crippen LogP contribution in [0.2, 0.25) is 0 Å². The molecule has 0 saturated heterocycles. The van der Waals surface area contributed by atoms with E-state index < -0.39 is 0 Å². The molecule has 0 fully saturated rings. The van der Waals surface area contributed by atoms with Crippen molar-refractivity contribution in [2.75, 3.05) is 51.0 Å². The monoisotopic (exact) mass is 302 g/mol. The molecule has 1 rings (SSSR count). The zero-order chi connectivity index (χ0) is 14.4. The first kappa shape index (κ1) is 16.1. The SMILES string of the molecule is CCNC(=O)c1sc(NCCN(C)C)c(SC)c1N. The smallest absolute Gasteiger partial charge is 0.263 e. The summed E-state index contributed by atoms with van der Waals surface area (Å²) in [6.07, 6.45) is 1.97. The van der Waals surface area contributed by atoms with Gasteiger partial charge in [0.1, 0.15) is 9.88 Å². The second-order valence-electron chi connectivity index (χ2n) is 4.30. The van der Waals surface area contributed by atoms with Gasteiger partial charge in [0.25, 0.3) is 5.91 Å². The first-order valence-electron chi connectivity index (χ1n) is 6.14. The Morgan fingerprint density at radius 1 is 1.47 bits per heavy atom. The summed E-state index contributed by atoms with van der Waals surface area (Å²) in [6, 6.07) is 0. The highest BCUT2D eigenvalue weighted by atomic mass is 32.2. The molecule has 7 heteroatoms. The zero-order valence-electron chi connectivity index (χ0n) is 11.9. The van der Waals surface area contributed by atoms with Gasteiger partial charge in [-0.2, -0.15) is 0 Å². The predicted molar refractivity (Wildman–Crippen MR) is 85.6 cm³/mol. The van der Waals surface area contributed by atoms with Crippen LogP contribution < -0.4 is 16.4 Å². The van der Waals surface area contributed by atoms with Crippen LogP contribution in [0.3, 0.4) is 0 Å². The molecule has 1 aromatic rings. The molecule has 0 aliphatic carbocycles. The van der Waals surface area contributed by atoms with E-state index in [2.05, 4.69) is 15.5 Å². The minimum Gasteiger partial charge on any atom is -0.396 e. The molecule has 0 spiro atoms. The lowest BCUT2D eigenvalue weighted by molar-refractivity contribution is 0.0960. The highest BCUT2D eigenvalue weighted by molar-refractivity contribution is 7.99.